The summed E-state index contributed by atoms with van der Waals surface area (Å²) < 4.78 is 67.5. The minimum Gasteiger partial charge on any atom is -0.497 e. The summed E-state index contributed by atoms with van der Waals surface area (Å²) in [5.74, 6) is 5.71. The molecule has 0 radical (unpaired) electrons. The van der Waals surface area contributed by atoms with Crippen LogP contribution >= 0.6 is 21.9 Å². The Morgan fingerprint density at radius 2 is 0.862 bits per heavy atom. The predicted octanol–water partition coefficient (Wildman–Crippen LogP) is 10.6. The fourth-order valence-corrected chi connectivity index (χ4v) is 14.0. The zero-order valence-corrected chi connectivity index (χ0v) is 34.3. The summed E-state index contributed by atoms with van der Waals surface area (Å²) in [6.45, 7) is 0. The first-order chi connectivity index (χ1) is 28.2. The number of ether oxygens (including phenoxy) is 2. The first-order valence-corrected chi connectivity index (χ1v) is 23.7. The van der Waals surface area contributed by atoms with Gasteiger partial charge in [-0.05, 0) is 82.9 Å². The van der Waals surface area contributed by atoms with E-state index in [2.05, 4.69) is 0 Å². The van der Waals surface area contributed by atoms with Crippen LogP contribution in [0.5, 0.6) is 23.0 Å². The molecule has 7 aromatic carbocycles. The van der Waals surface area contributed by atoms with Gasteiger partial charge in [-0.25, -0.2) is 0 Å². The fraction of sp³-hybridized carbons (Fsp3) is 0.0417. The van der Waals surface area contributed by atoms with Gasteiger partial charge < -0.3 is 23.1 Å². The summed E-state index contributed by atoms with van der Waals surface area (Å²) in [4.78, 5) is 0. The smallest absolute Gasteiger partial charge is 0.300 e. The highest BCUT2D eigenvalue weighted by Gasteiger charge is 2.36. The van der Waals surface area contributed by atoms with Gasteiger partial charge in [-0.15, -0.1) is 0 Å². The van der Waals surface area contributed by atoms with E-state index in [-0.39, 0.29) is 0 Å². The monoisotopic (exact) mass is 818 g/mol. The zero-order chi connectivity index (χ0) is 39.9. The molecule has 10 heteroatoms. The van der Waals surface area contributed by atoms with Gasteiger partial charge in [0.2, 0.25) is 0 Å². The molecule has 0 spiro atoms. The van der Waals surface area contributed by atoms with Gasteiger partial charge in [0, 0.05) is 38.7 Å². The van der Waals surface area contributed by atoms with Crippen molar-refractivity contribution >= 4 is 60.6 Å². The molecular formula is C48H37O7P3. The van der Waals surface area contributed by atoms with E-state index in [1.165, 1.54) is 0 Å². The lowest BCUT2D eigenvalue weighted by molar-refractivity contribution is 0.414. The Morgan fingerprint density at radius 3 is 1.29 bits per heavy atom. The van der Waals surface area contributed by atoms with Crippen LogP contribution in [0.2, 0.25) is 0 Å². The second-order valence-electron chi connectivity index (χ2n) is 13.9. The Morgan fingerprint density at radius 1 is 0.466 bits per heavy atom. The number of fused-ring (bicyclic) bond motifs is 6. The predicted molar refractivity (Wildman–Crippen MR) is 236 cm³/mol. The van der Waals surface area contributed by atoms with Crippen molar-refractivity contribution in [3.8, 4) is 45.3 Å². The lowest BCUT2D eigenvalue weighted by atomic mass is 10.0. The van der Waals surface area contributed by atoms with Crippen molar-refractivity contribution in [3.05, 3.63) is 187 Å². The number of hydrogen-bond donors (Lipinski definition) is 0. The Hall–Kier alpha value is -6.09. The van der Waals surface area contributed by atoms with Crippen LogP contribution in [0.4, 0.5) is 0 Å². The van der Waals surface area contributed by atoms with Crippen LogP contribution in [0.1, 0.15) is 11.1 Å². The standard InChI is InChI=1S/C48H37O7P3/c1-52-36-20-26-45-43(32-36)41-12-6-8-14-47(41)56(49,54-45)30-28-34-16-22-39(23-17-34)58(51,38-10-4-3-5-11-38)40-24-18-35(19-25-40)29-31-57(50)48-15-9-7-13-42(48)44-33-37(53-2)21-27-46(44)55-57/h3-33H,1-2H3/b30-28+,31-29+. The molecule has 0 aliphatic carbocycles. The van der Waals surface area contributed by atoms with Crippen molar-refractivity contribution in [2.75, 3.05) is 14.2 Å². The molecule has 2 aliphatic rings. The van der Waals surface area contributed by atoms with E-state index < -0.39 is 21.9 Å². The highest BCUT2D eigenvalue weighted by Crippen LogP contribution is 2.58. The van der Waals surface area contributed by atoms with E-state index in [4.69, 9.17) is 18.5 Å². The van der Waals surface area contributed by atoms with Crippen LogP contribution in [-0.2, 0) is 13.7 Å². The van der Waals surface area contributed by atoms with Crippen LogP contribution < -0.4 is 45.0 Å². The SMILES string of the molecule is COc1ccc2c(c1)-c1ccccc1P(=O)(/C=C/c1ccc(P(=O)(c3ccccc3)c3ccc(/C=C/P4(=O)Oc5ccc(OC)cc5-c5ccccc54)cc3)cc1)O2. The van der Waals surface area contributed by atoms with E-state index in [1.807, 2.05) is 140 Å². The molecular weight excluding hydrogens is 781 g/mol. The molecule has 2 unspecified atom stereocenters. The van der Waals surface area contributed by atoms with Crippen molar-refractivity contribution in [1.82, 2.24) is 0 Å². The minimum absolute atomic E-state index is 0.530. The average Bonchev–Trinajstić information content (AvgIpc) is 3.28. The Kier molecular flexibility index (Phi) is 9.70. The number of benzene rings is 7. The molecule has 7 aromatic rings. The van der Waals surface area contributed by atoms with Crippen molar-refractivity contribution in [2.24, 2.45) is 0 Å². The highest BCUT2D eigenvalue weighted by molar-refractivity contribution is 7.85. The van der Waals surface area contributed by atoms with Crippen LogP contribution in [0.25, 0.3) is 34.4 Å². The molecule has 7 nitrogen and oxygen atoms in total. The first-order valence-electron chi connectivity index (χ1n) is 18.6. The molecule has 9 rings (SSSR count). The molecule has 2 atom stereocenters. The molecule has 0 aromatic heterocycles. The molecule has 2 aliphatic heterocycles. The maximum atomic E-state index is 15.4. The van der Waals surface area contributed by atoms with Crippen molar-refractivity contribution in [1.29, 1.82) is 0 Å². The maximum Gasteiger partial charge on any atom is 0.300 e. The van der Waals surface area contributed by atoms with Crippen LogP contribution in [0, 0.1) is 0 Å². The molecule has 0 saturated heterocycles. The average molecular weight is 819 g/mol. The van der Waals surface area contributed by atoms with E-state index in [0.29, 0.717) is 49.5 Å². The largest absolute Gasteiger partial charge is 0.497 e. The van der Waals surface area contributed by atoms with Crippen molar-refractivity contribution < 1.29 is 32.2 Å². The van der Waals surface area contributed by atoms with E-state index in [1.54, 1.807) is 62.3 Å². The number of methoxy groups -OCH3 is 2. The summed E-state index contributed by atoms with van der Waals surface area (Å²) in [5.41, 5.74) is 4.89. The topological polar surface area (TPSA) is 88.1 Å². The highest BCUT2D eigenvalue weighted by atomic mass is 31.2. The Labute approximate surface area is 337 Å². The van der Waals surface area contributed by atoms with Gasteiger partial charge in [0.25, 0.3) is 14.7 Å². The number of hydrogen-bond acceptors (Lipinski definition) is 7. The maximum absolute atomic E-state index is 15.4. The molecule has 286 valence electrons. The van der Waals surface area contributed by atoms with Gasteiger partial charge >= 0.3 is 0 Å². The lowest BCUT2D eigenvalue weighted by Crippen LogP contribution is -2.25. The second kappa shape index (κ2) is 15.0. The third-order valence-electron chi connectivity index (χ3n) is 10.5. The summed E-state index contributed by atoms with van der Waals surface area (Å²) in [6, 6.07) is 50.5. The van der Waals surface area contributed by atoms with E-state index >= 15 is 4.57 Å². The van der Waals surface area contributed by atoms with Gasteiger partial charge in [-0.3, -0.25) is 9.13 Å². The van der Waals surface area contributed by atoms with Crippen molar-refractivity contribution in [2.45, 2.75) is 0 Å². The summed E-state index contributed by atoms with van der Waals surface area (Å²) >= 11 is 0. The fourth-order valence-electron chi connectivity index (χ4n) is 7.45. The molecule has 0 bridgehead atoms. The third kappa shape index (κ3) is 6.66. The van der Waals surface area contributed by atoms with Gasteiger partial charge in [0.15, 0.2) is 7.14 Å². The van der Waals surface area contributed by atoms with Crippen LogP contribution in [0.15, 0.2) is 175 Å². The minimum atomic E-state index is -3.43. The molecule has 2 heterocycles. The number of rotatable bonds is 9. The second-order valence-corrected chi connectivity index (χ2v) is 21.0. The summed E-state index contributed by atoms with van der Waals surface area (Å²) in [5, 5.41) is 3.23. The van der Waals surface area contributed by atoms with Gasteiger partial charge in [0.1, 0.15) is 23.0 Å². The molecule has 0 N–H and O–H groups in total. The first kappa shape index (κ1) is 37.5. The van der Waals surface area contributed by atoms with Gasteiger partial charge in [-0.2, -0.15) is 0 Å². The van der Waals surface area contributed by atoms with Crippen molar-refractivity contribution in [3.63, 3.8) is 0 Å². The lowest BCUT2D eigenvalue weighted by Gasteiger charge is -2.27. The van der Waals surface area contributed by atoms with Crippen LogP contribution in [-0.4, -0.2) is 14.2 Å². The third-order valence-corrected chi connectivity index (χ3v) is 17.7. The van der Waals surface area contributed by atoms with Gasteiger partial charge in [-0.1, -0.05) is 115 Å². The van der Waals surface area contributed by atoms with E-state index in [9.17, 15) is 9.13 Å². The molecule has 58 heavy (non-hydrogen) atoms. The quantitative estimate of drug-likeness (QED) is 0.134. The Balaban J connectivity index is 0.999. The van der Waals surface area contributed by atoms with E-state index in [0.717, 1.165) is 33.4 Å². The Bertz CT molecular complexity index is 2730. The van der Waals surface area contributed by atoms with Crippen LogP contribution in [0.3, 0.4) is 0 Å². The molecule has 0 saturated carbocycles. The molecule has 0 fully saturated rings. The summed E-state index contributed by atoms with van der Waals surface area (Å²) in [6.07, 6.45) is 3.58. The zero-order valence-electron chi connectivity index (χ0n) is 31.6. The normalized spacial score (nSPS) is 18.8. The molecule has 0 amide bonds. The summed E-state index contributed by atoms with van der Waals surface area (Å²) in [7, 11) is -6.98. The van der Waals surface area contributed by atoms with Gasteiger partial charge in [0.05, 0.1) is 24.8 Å².